The quantitative estimate of drug-likeness (QED) is 0.475. The molecule has 1 atom stereocenters. The summed E-state index contributed by atoms with van der Waals surface area (Å²) in [6, 6.07) is 4.33. The molecule has 36 heavy (non-hydrogen) atoms. The molecule has 0 radical (unpaired) electrons. The molecule has 1 saturated heterocycles. The fraction of sp³-hybridized carbons (Fsp3) is 0.560. The van der Waals surface area contributed by atoms with Crippen molar-refractivity contribution < 1.29 is 14.6 Å². The molecule has 2 aliphatic rings. The average Bonchev–Trinajstić information content (AvgIpc) is 3.21. The van der Waals surface area contributed by atoms with Crippen LogP contribution in [-0.4, -0.2) is 59.1 Å². The molecule has 1 unspecified atom stereocenters. The first-order valence-corrected chi connectivity index (χ1v) is 12.7. The van der Waals surface area contributed by atoms with Gasteiger partial charge in [-0.15, -0.1) is 5.10 Å². The first-order valence-electron chi connectivity index (χ1n) is 12.7. The number of carboxylic acids is 1. The predicted octanol–water partition coefficient (Wildman–Crippen LogP) is 3.16. The van der Waals surface area contributed by atoms with Crippen LogP contribution < -0.4 is 9.64 Å². The molecule has 11 heteroatoms. The van der Waals surface area contributed by atoms with E-state index in [0.29, 0.717) is 17.6 Å². The number of anilines is 1. The maximum Gasteiger partial charge on any atom is 0.320 e. The number of carboxylic acid groups (broad SMARTS) is 1. The summed E-state index contributed by atoms with van der Waals surface area (Å²) in [5.41, 5.74) is 4.19. The minimum Gasteiger partial charge on any atom is -0.481 e. The van der Waals surface area contributed by atoms with Crippen molar-refractivity contribution in [3.63, 3.8) is 0 Å². The summed E-state index contributed by atoms with van der Waals surface area (Å²) in [5, 5.41) is 17.8. The number of aryl methyl sites for hydroxylation is 2. The van der Waals surface area contributed by atoms with Crippen molar-refractivity contribution >= 4 is 11.7 Å². The molecule has 1 saturated carbocycles. The lowest BCUT2D eigenvalue weighted by Crippen LogP contribution is -2.37. The molecule has 0 amide bonds. The fourth-order valence-corrected chi connectivity index (χ4v) is 4.97. The number of nitrogens with zero attached hydrogens (tertiary/aromatic N) is 8. The second-order valence-electron chi connectivity index (χ2n) is 9.62. The van der Waals surface area contributed by atoms with Crippen molar-refractivity contribution in [1.82, 2.24) is 34.9 Å². The van der Waals surface area contributed by atoms with Crippen molar-refractivity contribution in [2.45, 2.75) is 64.4 Å². The van der Waals surface area contributed by atoms with Crippen LogP contribution in [0, 0.1) is 5.92 Å². The molecule has 0 spiro atoms. The molecule has 0 bridgehead atoms. The lowest BCUT2D eigenvalue weighted by molar-refractivity contribution is -0.138. The average molecular weight is 493 g/mol. The van der Waals surface area contributed by atoms with Gasteiger partial charge in [0.2, 0.25) is 0 Å². The van der Waals surface area contributed by atoms with Gasteiger partial charge in [-0.25, -0.2) is 14.6 Å². The Labute approximate surface area is 210 Å². The van der Waals surface area contributed by atoms with E-state index in [1.54, 1.807) is 4.68 Å². The van der Waals surface area contributed by atoms with Crippen LogP contribution in [0.15, 0.2) is 18.5 Å². The molecule has 0 aromatic carbocycles. The van der Waals surface area contributed by atoms with Gasteiger partial charge in [0.15, 0.2) is 0 Å². The largest absolute Gasteiger partial charge is 0.481 e. The highest BCUT2D eigenvalue weighted by Gasteiger charge is 2.25. The highest BCUT2D eigenvalue weighted by molar-refractivity contribution is 5.67. The van der Waals surface area contributed by atoms with Crippen LogP contribution >= 0.6 is 0 Å². The van der Waals surface area contributed by atoms with Gasteiger partial charge in [-0.2, -0.15) is 9.97 Å². The van der Waals surface area contributed by atoms with Crippen molar-refractivity contribution in [1.29, 1.82) is 0 Å². The van der Waals surface area contributed by atoms with Crippen LogP contribution in [-0.2, 0) is 24.9 Å². The van der Waals surface area contributed by atoms with Gasteiger partial charge in [-0.3, -0.25) is 4.79 Å². The van der Waals surface area contributed by atoms with Gasteiger partial charge in [0, 0.05) is 32.5 Å². The van der Waals surface area contributed by atoms with E-state index in [9.17, 15) is 9.90 Å². The zero-order valence-corrected chi connectivity index (χ0v) is 20.8. The molecule has 3 aromatic heterocycles. The van der Waals surface area contributed by atoms with Gasteiger partial charge in [0.1, 0.15) is 30.1 Å². The molecule has 1 N–H and O–H groups in total. The van der Waals surface area contributed by atoms with E-state index < -0.39 is 5.97 Å². The van der Waals surface area contributed by atoms with E-state index in [1.807, 2.05) is 13.1 Å². The van der Waals surface area contributed by atoms with Crippen LogP contribution in [0.1, 0.15) is 68.6 Å². The maximum absolute atomic E-state index is 11.2. The Morgan fingerprint density at radius 1 is 1.17 bits per heavy atom. The Morgan fingerprint density at radius 2 is 2.03 bits per heavy atom. The van der Waals surface area contributed by atoms with E-state index in [-0.39, 0.29) is 18.9 Å². The fourth-order valence-electron chi connectivity index (χ4n) is 4.97. The topological polar surface area (TPSA) is 132 Å². The number of hydrogen-bond acceptors (Lipinski definition) is 9. The summed E-state index contributed by atoms with van der Waals surface area (Å²) in [7, 11) is 1.83. The Hall–Kier alpha value is -3.63. The third-order valence-corrected chi connectivity index (χ3v) is 7.17. The zero-order chi connectivity index (χ0) is 25.1. The first kappa shape index (κ1) is 24.1. The molecular weight excluding hydrogens is 460 g/mol. The smallest absolute Gasteiger partial charge is 0.320 e. The van der Waals surface area contributed by atoms with Crippen molar-refractivity contribution in [3.05, 3.63) is 35.7 Å². The van der Waals surface area contributed by atoms with Gasteiger partial charge in [0.05, 0.1) is 17.1 Å². The third kappa shape index (κ3) is 5.14. The monoisotopic (exact) mass is 492 g/mol. The molecule has 5 rings (SSSR count). The Balaban J connectivity index is 1.34. The summed E-state index contributed by atoms with van der Waals surface area (Å²) in [4.78, 5) is 31.4. The Bertz CT molecular complexity index is 1230. The summed E-state index contributed by atoms with van der Waals surface area (Å²) in [5.74, 6) is 0.617. The number of carbonyl (C=O) groups is 1. The minimum absolute atomic E-state index is 0.157. The highest BCUT2D eigenvalue weighted by Crippen LogP contribution is 2.34. The SMILES string of the molecule is CCc1nc(-c2nnn(C)c2COc2ncnc(C3CCC3)n2)ccc1N1CCCC(CC(=O)O)C1. The highest BCUT2D eigenvalue weighted by atomic mass is 16.5. The molecule has 1 aliphatic heterocycles. The molecule has 1 aliphatic carbocycles. The summed E-state index contributed by atoms with van der Waals surface area (Å²) in [6.07, 6.45) is 7.82. The van der Waals surface area contributed by atoms with E-state index in [0.717, 1.165) is 73.8 Å². The molecule has 190 valence electrons. The first-order chi connectivity index (χ1) is 17.5. The second-order valence-corrected chi connectivity index (χ2v) is 9.62. The van der Waals surface area contributed by atoms with Crippen LogP contribution in [0.5, 0.6) is 6.01 Å². The number of rotatable bonds is 9. The van der Waals surface area contributed by atoms with E-state index in [4.69, 9.17) is 9.72 Å². The molecule has 11 nitrogen and oxygen atoms in total. The lowest BCUT2D eigenvalue weighted by Gasteiger charge is -2.34. The number of aliphatic carboxylic acids is 1. The number of ether oxygens (including phenoxy) is 1. The molecule has 4 heterocycles. The maximum atomic E-state index is 11.2. The summed E-state index contributed by atoms with van der Waals surface area (Å²) in [6.45, 7) is 3.93. The number of pyridine rings is 1. The van der Waals surface area contributed by atoms with Crippen LogP contribution in [0.25, 0.3) is 11.4 Å². The molecular formula is C25H32N8O3. The van der Waals surface area contributed by atoms with Gasteiger partial charge < -0.3 is 14.7 Å². The van der Waals surface area contributed by atoms with Crippen molar-refractivity contribution in [2.24, 2.45) is 13.0 Å². The Morgan fingerprint density at radius 3 is 2.78 bits per heavy atom. The predicted molar refractivity (Wildman–Crippen MR) is 132 cm³/mol. The van der Waals surface area contributed by atoms with E-state index in [1.165, 1.54) is 12.7 Å². The summed E-state index contributed by atoms with van der Waals surface area (Å²) >= 11 is 0. The van der Waals surface area contributed by atoms with Crippen molar-refractivity contribution in [2.75, 3.05) is 18.0 Å². The standard InChI is InChI=1S/C25H32N8O3/c1-3-18-20(33-11-5-6-16(13-33)12-22(34)35)10-9-19(28-18)23-21(32(2)31-30-23)14-36-25-27-15-26-24(29-25)17-7-4-8-17/h9-10,15-17H,3-8,11-14H2,1-2H3,(H,34,35). The van der Waals surface area contributed by atoms with Crippen LogP contribution in [0.3, 0.4) is 0 Å². The van der Waals surface area contributed by atoms with Gasteiger partial charge in [-0.05, 0) is 50.2 Å². The van der Waals surface area contributed by atoms with E-state index in [2.05, 4.69) is 43.2 Å². The third-order valence-electron chi connectivity index (χ3n) is 7.17. The van der Waals surface area contributed by atoms with Crippen LogP contribution in [0.4, 0.5) is 5.69 Å². The van der Waals surface area contributed by atoms with Crippen molar-refractivity contribution in [3.8, 4) is 17.4 Å². The van der Waals surface area contributed by atoms with Gasteiger partial charge >= 0.3 is 12.0 Å². The molecule has 3 aromatic rings. The lowest BCUT2D eigenvalue weighted by atomic mass is 9.85. The van der Waals surface area contributed by atoms with Crippen LogP contribution in [0.2, 0.25) is 0 Å². The van der Waals surface area contributed by atoms with Gasteiger partial charge in [0.25, 0.3) is 0 Å². The number of hydrogen-bond donors (Lipinski definition) is 1. The Kier molecular flexibility index (Phi) is 7.06. The zero-order valence-electron chi connectivity index (χ0n) is 20.8. The van der Waals surface area contributed by atoms with Gasteiger partial charge in [-0.1, -0.05) is 18.6 Å². The summed E-state index contributed by atoms with van der Waals surface area (Å²) < 4.78 is 7.61. The number of piperidine rings is 1. The minimum atomic E-state index is -0.736. The normalized spacial score (nSPS) is 18.2. The molecule has 2 fully saturated rings. The second kappa shape index (κ2) is 10.5. The van der Waals surface area contributed by atoms with E-state index >= 15 is 0 Å². The number of aromatic nitrogens is 7.